The molecular weight excluding hydrogens is 282 g/mol. The third-order valence-corrected chi connectivity index (χ3v) is 6.09. The van der Waals surface area contributed by atoms with E-state index in [0.29, 0.717) is 18.9 Å². The lowest BCUT2D eigenvalue weighted by molar-refractivity contribution is 0.573. The van der Waals surface area contributed by atoms with Crippen LogP contribution in [0.3, 0.4) is 0 Å². The van der Waals surface area contributed by atoms with Gasteiger partial charge in [-0.3, -0.25) is 4.31 Å². The van der Waals surface area contributed by atoms with Gasteiger partial charge >= 0.3 is 0 Å². The van der Waals surface area contributed by atoms with Gasteiger partial charge in [0, 0.05) is 6.54 Å². The number of hydrogen-bond acceptors (Lipinski definition) is 2. The topological polar surface area (TPSA) is 37.4 Å². The molecule has 0 bridgehead atoms. The number of benzene rings is 1. The number of rotatable bonds is 4. The number of fused-ring (bicyclic) bond motifs is 1. The van der Waals surface area contributed by atoms with Gasteiger partial charge in [-0.15, -0.1) is 0 Å². The molecule has 4 heteroatoms. The minimum atomic E-state index is -3.22. The zero-order valence-corrected chi connectivity index (χ0v) is 13.1. The van der Waals surface area contributed by atoms with Crippen molar-refractivity contribution < 1.29 is 8.42 Å². The molecule has 0 radical (unpaired) electrons. The van der Waals surface area contributed by atoms with Crippen LogP contribution in [0.4, 0.5) is 5.69 Å². The Morgan fingerprint density at radius 1 is 1.29 bits per heavy atom. The molecule has 0 saturated heterocycles. The number of hydrogen-bond donors (Lipinski definition) is 0. The molecule has 0 N–H and O–H groups in total. The van der Waals surface area contributed by atoms with E-state index in [1.807, 2.05) is 37.3 Å². The van der Waals surface area contributed by atoms with Gasteiger partial charge in [0.1, 0.15) is 0 Å². The van der Waals surface area contributed by atoms with Gasteiger partial charge in [-0.25, -0.2) is 8.42 Å². The number of sulfonamides is 1. The number of nitrogens with zero attached hydrogens (tertiary/aromatic N) is 1. The zero-order chi connectivity index (χ0) is 14.9. The van der Waals surface area contributed by atoms with Gasteiger partial charge in [-0.05, 0) is 43.2 Å². The van der Waals surface area contributed by atoms with Gasteiger partial charge in [0.2, 0.25) is 10.0 Å². The summed E-state index contributed by atoms with van der Waals surface area (Å²) in [5.41, 5.74) is 3.12. The lowest BCUT2D eigenvalue weighted by Crippen LogP contribution is -2.32. The van der Waals surface area contributed by atoms with E-state index < -0.39 is 10.0 Å². The fourth-order valence-corrected chi connectivity index (χ4v) is 4.88. The highest BCUT2D eigenvalue weighted by Crippen LogP contribution is 2.34. The summed E-state index contributed by atoms with van der Waals surface area (Å²) >= 11 is 0. The first kappa shape index (κ1) is 14.4. The smallest absolute Gasteiger partial charge is 0.235 e. The van der Waals surface area contributed by atoms with Crippen LogP contribution < -0.4 is 4.31 Å². The van der Waals surface area contributed by atoms with Crippen LogP contribution in [0.1, 0.15) is 24.0 Å². The Balaban J connectivity index is 1.75. The second-order valence-corrected chi connectivity index (χ2v) is 7.83. The Labute approximate surface area is 127 Å². The quantitative estimate of drug-likeness (QED) is 0.856. The van der Waals surface area contributed by atoms with Gasteiger partial charge in [0.15, 0.2) is 0 Å². The summed E-state index contributed by atoms with van der Waals surface area (Å²) in [6, 6.07) is 6.03. The average molecular weight is 303 g/mol. The predicted octanol–water partition coefficient (Wildman–Crippen LogP) is 3.21. The summed E-state index contributed by atoms with van der Waals surface area (Å²) in [5, 5.41) is 0. The van der Waals surface area contributed by atoms with E-state index in [9.17, 15) is 8.42 Å². The van der Waals surface area contributed by atoms with Crippen LogP contribution in [0.15, 0.2) is 42.5 Å². The summed E-state index contributed by atoms with van der Waals surface area (Å²) in [5.74, 6) is 0.576. The molecule has 1 aromatic rings. The lowest BCUT2D eigenvalue weighted by atomic mass is 9.98. The van der Waals surface area contributed by atoms with Crippen molar-refractivity contribution in [3.05, 3.63) is 53.6 Å². The van der Waals surface area contributed by atoms with Crippen LogP contribution >= 0.6 is 0 Å². The molecule has 3 rings (SSSR count). The first-order valence-electron chi connectivity index (χ1n) is 7.50. The van der Waals surface area contributed by atoms with Crippen LogP contribution in [0, 0.1) is 12.8 Å². The second-order valence-electron chi connectivity index (χ2n) is 5.82. The van der Waals surface area contributed by atoms with Crippen molar-refractivity contribution in [2.24, 2.45) is 5.92 Å². The Hall–Kier alpha value is -1.55. The largest absolute Gasteiger partial charge is 0.269 e. The van der Waals surface area contributed by atoms with Crippen LogP contribution in [-0.4, -0.2) is 20.7 Å². The molecule has 1 aliphatic heterocycles. The molecule has 21 heavy (non-hydrogen) atoms. The van der Waals surface area contributed by atoms with E-state index in [0.717, 1.165) is 29.7 Å². The van der Waals surface area contributed by atoms with E-state index >= 15 is 0 Å². The van der Waals surface area contributed by atoms with Crippen molar-refractivity contribution in [2.75, 3.05) is 16.6 Å². The summed E-state index contributed by atoms with van der Waals surface area (Å²) in [6.45, 7) is 2.57. The van der Waals surface area contributed by atoms with Crippen LogP contribution in [0.2, 0.25) is 0 Å². The van der Waals surface area contributed by atoms with Crippen molar-refractivity contribution in [1.29, 1.82) is 0 Å². The number of aryl methyl sites for hydroxylation is 1. The molecule has 1 unspecified atom stereocenters. The fourth-order valence-electron chi connectivity index (χ4n) is 3.15. The third kappa shape index (κ3) is 2.91. The predicted molar refractivity (Wildman–Crippen MR) is 87.0 cm³/mol. The maximum atomic E-state index is 12.7. The number of anilines is 1. The molecule has 0 saturated carbocycles. The molecule has 2 aliphatic rings. The Morgan fingerprint density at radius 2 is 2.14 bits per heavy atom. The van der Waals surface area contributed by atoms with Crippen LogP contribution in [0.25, 0.3) is 0 Å². The van der Waals surface area contributed by atoms with E-state index in [1.165, 1.54) is 0 Å². The lowest BCUT2D eigenvalue weighted by Gasteiger charge is -2.22. The molecular formula is C17H21NO2S. The molecule has 1 aliphatic carbocycles. The van der Waals surface area contributed by atoms with Gasteiger partial charge < -0.3 is 0 Å². The molecule has 1 heterocycles. The van der Waals surface area contributed by atoms with E-state index in [2.05, 4.69) is 12.2 Å². The van der Waals surface area contributed by atoms with E-state index in [4.69, 9.17) is 0 Å². The maximum Gasteiger partial charge on any atom is 0.235 e. The van der Waals surface area contributed by atoms with Crippen molar-refractivity contribution >= 4 is 15.7 Å². The van der Waals surface area contributed by atoms with Crippen LogP contribution in [0.5, 0.6) is 0 Å². The number of allylic oxidation sites excluding steroid dienone is 4. The average Bonchev–Trinajstić information content (AvgIpc) is 2.93. The molecule has 0 fully saturated rings. The highest BCUT2D eigenvalue weighted by Gasteiger charge is 2.30. The molecule has 112 valence electrons. The number of para-hydroxylation sites is 1. The second kappa shape index (κ2) is 5.68. The summed E-state index contributed by atoms with van der Waals surface area (Å²) in [4.78, 5) is 0. The fraction of sp³-hybridized carbons (Fsp3) is 0.412. The summed E-state index contributed by atoms with van der Waals surface area (Å²) < 4.78 is 27.0. The van der Waals surface area contributed by atoms with Gasteiger partial charge in [-0.2, -0.15) is 0 Å². The molecule has 0 spiro atoms. The van der Waals surface area contributed by atoms with Gasteiger partial charge in [0.25, 0.3) is 0 Å². The van der Waals surface area contributed by atoms with E-state index in [1.54, 1.807) is 4.31 Å². The highest BCUT2D eigenvalue weighted by atomic mass is 32.2. The minimum absolute atomic E-state index is 0.226. The van der Waals surface area contributed by atoms with Crippen molar-refractivity contribution in [2.45, 2.75) is 26.2 Å². The summed E-state index contributed by atoms with van der Waals surface area (Å²) in [6.07, 6.45) is 10.7. The van der Waals surface area contributed by atoms with Crippen molar-refractivity contribution in [1.82, 2.24) is 0 Å². The monoisotopic (exact) mass is 303 g/mol. The molecule has 3 nitrogen and oxygen atoms in total. The molecule has 1 aromatic carbocycles. The molecule has 1 atom stereocenters. The Kier molecular flexibility index (Phi) is 3.89. The minimum Gasteiger partial charge on any atom is -0.269 e. The summed E-state index contributed by atoms with van der Waals surface area (Å²) in [7, 11) is -3.22. The Bertz CT molecular complexity index is 689. The normalized spacial score (nSPS) is 20.8. The van der Waals surface area contributed by atoms with Crippen LogP contribution in [-0.2, 0) is 16.4 Å². The molecule has 0 amide bonds. The first-order chi connectivity index (χ1) is 10.1. The molecule has 0 aromatic heterocycles. The first-order valence-corrected chi connectivity index (χ1v) is 9.11. The standard InChI is InChI=1S/C17H21NO2S/c1-14-6-5-9-16-10-12-18(17(14)16)21(19,20)13-11-15-7-3-2-4-8-15/h2-7,9,15H,8,10-13H2,1H3. The third-order valence-electron chi connectivity index (χ3n) is 4.31. The maximum absolute atomic E-state index is 12.7. The van der Waals surface area contributed by atoms with Gasteiger partial charge in [-0.1, -0.05) is 42.5 Å². The SMILES string of the molecule is Cc1cccc2c1N(S(=O)(=O)CCC1C=CC=CC1)CC2. The van der Waals surface area contributed by atoms with Crippen molar-refractivity contribution in [3.63, 3.8) is 0 Å². The zero-order valence-electron chi connectivity index (χ0n) is 12.3. The Morgan fingerprint density at radius 3 is 2.90 bits per heavy atom. The highest BCUT2D eigenvalue weighted by molar-refractivity contribution is 7.92. The van der Waals surface area contributed by atoms with Crippen molar-refractivity contribution in [3.8, 4) is 0 Å². The van der Waals surface area contributed by atoms with Gasteiger partial charge in [0.05, 0.1) is 11.4 Å². The van der Waals surface area contributed by atoms with E-state index in [-0.39, 0.29) is 5.75 Å².